The molecule has 2 aliphatic rings. The van der Waals surface area contributed by atoms with Gasteiger partial charge in [0.25, 0.3) is 0 Å². The minimum Gasteiger partial charge on any atom is -0.481 e. The van der Waals surface area contributed by atoms with Crippen molar-refractivity contribution in [2.75, 3.05) is 7.05 Å². The summed E-state index contributed by atoms with van der Waals surface area (Å²) in [4.78, 5) is 13.7. The molecule has 0 spiro atoms. The van der Waals surface area contributed by atoms with Gasteiger partial charge in [-0.1, -0.05) is 19.8 Å². The molecule has 0 aromatic carbocycles. The van der Waals surface area contributed by atoms with E-state index < -0.39 is 5.97 Å². The quantitative estimate of drug-likeness (QED) is 0.820. The first-order valence-corrected chi connectivity index (χ1v) is 7.08. The summed E-state index contributed by atoms with van der Waals surface area (Å²) in [5.74, 6) is 0.0113. The second-order valence-corrected chi connectivity index (χ2v) is 5.85. The van der Waals surface area contributed by atoms with E-state index in [1.54, 1.807) is 0 Å². The minimum atomic E-state index is -0.587. The first kappa shape index (κ1) is 12.9. The van der Waals surface area contributed by atoms with Crippen molar-refractivity contribution in [3.05, 3.63) is 0 Å². The Labute approximate surface area is 104 Å². The van der Waals surface area contributed by atoms with Gasteiger partial charge in [0.2, 0.25) is 0 Å². The lowest BCUT2D eigenvalue weighted by molar-refractivity contribution is -0.147. The maximum absolute atomic E-state index is 11.4. The van der Waals surface area contributed by atoms with Crippen LogP contribution in [0.25, 0.3) is 0 Å². The third-order valence-electron chi connectivity index (χ3n) is 4.99. The summed E-state index contributed by atoms with van der Waals surface area (Å²) in [6.07, 6.45) is 8.09. The summed E-state index contributed by atoms with van der Waals surface area (Å²) in [6.45, 7) is 2.23. The molecule has 0 radical (unpaired) electrons. The van der Waals surface area contributed by atoms with Crippen LogP contribution in [0.15, 0.2) is 0 Å². The van der Waals surface area contributed by atoms with Crippen LogP contribution in [0, 0.1) is 11.8 Å². The highest BCUT2D eigenvalue weighted by Crippen LogP contribution is 2.37. The minimum absolute atomic E-state index is 0.136. The van der Waals surface area contributed by atoms with Crippen LogP contribution in [-0.4, -0.2) is 35.1 Å². The zero-order chi connectivity index (χ0) is 12.4. The average Bonchev–Trinajstić information content (AvgIpc) is 2.25. The van der Waals surface area contributed by atoms with Crippen molar-refractivity contribution in [3.63, 3.8) is 0 Å². The lowest BCUT2D eigenvalue weighted by atomic mass is 9.75. The number of rotatable bonds is 4. The third-order valence-corrected chi connectivity index (χ3v) is 4.99. The summed E-state index contributed by atoms with van der Waals surface area (Å²) in [6, 6.07) is 0.925. The second-order valence-electron chi connectivity index (χ2n) is 5.85. The number of aliphatic carboxylic acids is 1. The van der Waals surface area contributed by atoms with Crippen molar-refractivity contribution in [2.45, 2.75) is 64.0 Å². The zero-order valence-corrected chi connectivity index (χ0v) is 11.1. The van der Waals surface area contributed by atoms with E-state index in [1.165, 1.54) is 25.7 Å². The van der Waals surface area contributed by atoms with E-state index >= 15 is 0 Å². The second kappa shape index (κ2) is 5.38. The first-order chi connectivity index (χ1) is 8.13. The summed E-state index contributed by atoms with van der Waals surface area (Å²) in [5, 5.41) is 9.36. The molecular weight excluding hydrogens is 214 g/mol. The molecule has 0 amide bonds. The van der Waals surface area contributed by atoms with Crippen LogP contribution in [0.5, 0.6) is 0 Å². The molecule has 98 valence electrons. The Balaban J connectivity index is 2.03. The maximum atomic E-state index is 11.4. The molecule has 0 aromatic heterocycles. The van der Waals surface area contributed by atoms with Crippen LogP contribution in [0.3, 0.4) is 0 Å². The summed E-state index contributed by atoms with van der Waals surface area (Å²) in [7, 11) is 2.14. The van der Waals surface area contributed by atoms with Gasteiger partial charge >= 0.3 is 5.97 Å². The maximum Gasteiger partial charge on any atom is 0.308 e. The Kier molecular flexibility index (Phi) is 4.08. The van der Waals surface area contributed by atoms with Gasteiger partial charge in [0, 0.05) is 12.1 Å². The number of carboxylic acids is 1. The monoisotopic (exact) mass is 239 g/mol. The number of hydrogen-bond donors (Lipinski definition) is 1. The van der Waals surface area contributed by atoms with Crippen molar-refractivity contribution >= 4 is 5.97 Å². The summed E-state index contributed by atoms with van der Waals surface area (Å²) < 4.78 is 0. The van der Waals surface area contributed by atoms with Gasteiger partial charge in [0.1, 0.15) is 0 Å². The van der Waals surface area contributed by atoms with E-state index in [0.717, 1.165) is 25.2 Å². The van der Waals surface area contributed by atoms with Gasteiger partial charge in [-0.05, 0) is 45.1 Å². The van der Waals surface area contributed by atoms with Crippen LogP contribution in [-0.2, 0) is 4.79 Å². The van der Waals surface area contributed by atoms with E-state index in [2.05, 4.69) is 18.9 Å². The predicted octanol–water partition coefficient (Wildman–Crippen LogP) is 2.75. The highest BCUT2D eigenvalue weighted by Gasteiger charge is 2.39. The molecule has 3 atom stereocenters. The number of hydrogen-bond acceptors (Lipinski definition) is 2. The van der Waals surface area contributed by atoms with E-state index in [4.69, 9.17) is 0 Å². The van der Waals surface area contributed by atoms with Crippen LogP contribution < -0.4 is 0 Å². The SMILES string of the molecule is CCC1CCC(C(=O)O)C(N(C)C2CCC2)C1. The predicted molar refractivity (Wildman–Crippen MR) is 67.9 cm³/mol. The fourth-order valence-electron chi connectivity index (χ4n) is 3.40. The van der Waals surface area contributed by atoms with Gasteiger partial charge in [-0.25, -0.2) is 0 Å². The van der Waals surface area contributed by atoms with Crippen LogP contribution >= 0.6 is 0 Å². The molecule has 2 rings (SSSR count). The molecule has 2 saturated carbocycles. The Bertz CT molecular complexity index is 275. The molecule has 1 N–H and O–H groups in total. The normalized spacial score (nSPS) is 34.6. The molecule has 3 heteroatoms. The smallest absolute Gasteiger partial charge is 0.308 e. The van der Waals surface area contributed by atoms with Gasteiger partial charge in [0.15, 0.2) is 0 Å². The van der Waals surface area contributed by atoms with Gasteiger partial charge < -0.3 is 5.11 Å². The molecule has 2 fully saturated rings. The zero-order valence-electron chi connectivity index (χ0n) is 11.1. The van der Waals surface area contributed by atoms with Crippen LogP contribution in [0.4, 0.5) is 0 Å². The molecule has 17 heavy (non-hydrogen) atoms. The first-order valence-electron chi connectivity index (χ1n) is 7.08. The van der Waals surface area contributed by atoms with Crippen LogP contribution in [0.1, 0.15) is 51.9 Å². The third kappa shape index (κ3) is 2.65. The van der Waals surface area contributed by atoms with Gasteiger partial charge in [0.05, 0.1) is 5.92 Å². The van der Waals surface area contributed by atoms with E-state index in [-0.39, 0.29) is 12.0 Å². The highest BCUT2D eigenvalue weighted by atomic mass is 16.4. The number of carbonyl (C=O) groups is 1. The van der Waals surface area contributed by atoms with Gasteiger partial charge in [-0.3, -0.25) is 9.69 Å². The standard InChI is InChI=1S/C14H25NO2/c1-3-10-7-8-12(14(16)17)13(9-10)15(2)11-5-4-6-11/h10-13H,3-9H2,1-2H3,(H,16,17). The number of carboxylic acid groups (broad SMARTS) is 1. The molecule has 2 aliphatic carbocycles. The lowest BCUT2D eigenvalue weighted by Crippen LogP contribution is -2.51. The Morgan fingerprint density at radius 3 is 2.47 bits per heavy atom. The van der Waals surface area contributed by atoms with Crippen molar-refractivity contribution in [1.29, 1.82) is 0 Å². The van der Waals surface area contributed by atoms with Crippen LogP contribution in [0.2, 0.25) is 0 Å². The topological polar surface area (TPSA) is 40.5 Å². The van der Waals surface area contributed by atoms with Gasteiger partial charge in [-0.15, -0.1) is 0 Å². The fraction of sp³-hybridized carbons (Fsp3) is 0.929. The molecule has 3 unspecified atom stereocenters. The van der Waals surface area contributed by atoms with Crippen molar-refractivity contribution in [2.24, 2.45) is 11.8 Å². The molecule has 0 heterocycles. The average molecular weight is 239 g/mol. The van der Waals surface area contributed by atoms with Crippen molar-refractivity contribution < 1.29 is 9.90 Å². The number of nitrogens with zero attached hydrogens (tertiary/aromatic N) is 1. The molecule has 0 saturated heterocycles. The Morgan fingerprint density at radius 2 is 2.00 bits per heavy atom. The van der Waals surface area contributed by atoms with E-state index in [1.807, 2.05) is 0 Å². The molecule has 0 bridgehead atoms. The molecule has 3 nitrogen and oxygen atoms in total. The lowest BCUT2D eigenvalue weighted by Gasteiger charge is -2.45. The van der Waals surface area contributed by atoms with E-state index in [9.17, 15) is 9.90 Å². The molecule has 0 aliphatic heterocycles. The highest BCUT2D eigenvalue weighted by molar-refractivity contribution is 5.71. The van der Waals surface area contributed by atoms with E-state index in [0.29, 0.717) is 6.04 Å². The summed E-state index contributed by atoms with van der Waals surface area (Å²) >= 11 is 0. The van der Waals surface area contributed by atoms with Crippen molar-refractivity contribution in [3.8, 4) is 0 Å². The van der Waals surface area contributed by atoms with Crippen molar-refractivity contribution in [1.82, 2.24) is 4.90 Å². The summed E-state index contributed by atoms with van der Waals surface area (Å²) in [5.41, 5.74) is 0. The Morgan fingerprint density at radius 1 is 1.29 bits per heavy atom. The fourth-order valence-corrected chi connectivity index (χ4v) is 3.40. The largest absolute Gasteiger partial charge is 0.481 e. The Hall–Kier alpha value is -0.570. The molecular formula is C14H25NO2. The molecule has 0 aromatic rings. The van der Waals surface area contributed by atoms with Gasteiger partial charge in [-0.2, -0.15) is 0 Å².